The Morgan fingerprint density at radius 3 is 2.09 bits per heavy atom. The SMILES string of the molecule is O=C(NC1CCC(C(=O)NC2CCCC2C(=O)O)CC1)OCC1c2ccccc2-c2ccccc21. The first-order valence-electron chi connectivity index (χ1n) is 12.7. The minimum absolute atomic E-state index is 0.0204. The highest BCUT2D eigenvalue weighted by molar-refractivity contribution is 5.81. The zero-order valence-electron chi connectivity index (χ0n) is 19.7. The number of fused-ring (bicyclic) bond motifs is 3. The molecule has 7 nitrogen and oxygen atoms in total. The number of carboxylic acid groups (broad SMARTS) is 1. The van der Waals surface area contributed by atoms with Crippen LogP contribution >= 0.6 is 0 Å². The van der Waals surface area contributed by atoms with Gasteiger partial charge in [0.2, 0.25) is 5.91 Å². The molecule has 0 radical (unpaired) electrons. The Bertz CT molecular complexity index is 1060. The van der Waals surface area contributed by atoms with Crippen molar-refractivity contribution in [3.8, 4) is 11.1 Å². The van der Waals surface area contributed by atoms with Gasteiger partial charge < -0.3 is 20.5 Å². The zero-order valence-corrected chi connectivity index (χ0v) is 19.7. The molecule has 0 saturated heterocycles. The predicted molar refractivity (Wildman–Crippen MR) is 131 cm³/mol. The average Bonchev–Trinajstić information content (AvgIpc) is 3.46. The van der Waals surface area contributed by atoms with E-state index in [1.165, 1.54) is 22.3 Å². The number of carbonyl (C=O) groups is 3. The molecule has 0 aromatic heterocycles. The standard InChI is InChI=1S/C28H32N2O5/c31-26(30-25-11-5-10-23(25)27(32)33)17-12-14-18(15-13-17)29-28(34)35-16-24-21-8-3-1-6-19(21)20-7-2-4-9-22(20)24/h1-4,6-9,17-18,23-25H,5,10-16H2,(H,29,34)(H,30,31)(H,32,33). The molecular formula is C28H32N2O5. The highest BCUT2D eigenvalue weighted by atomic mass is 16.5. The molecule has 2 saturated carbocycles. The van der Waals surface area contributed by atoms with Crippen LogP contribution in [0, 0.1) is 11.8 Å². The van der Waals surface area contributed by atoms with Crippen molar-refractivity contribution in [2.24, 2.45) is 11.8 Å². The van der Waals surface area contributed by atoms with Gasteiger partial charge in [-0.05, 0) is 60.8 Å². The number of rotatable bonds is 6. The fourth-order valence-electron chi connectivity index (χ4n) is 6.04. The third kappa shape index (κ3) is 4.90. The van der Waals surface area contributed by atoms with Gasteiger partial charge in [-0.2, -0.15) is 0 Å². The van der Waals surface area contributed by atoms with E-state index in [0.717, 1.165) is 12.8 Å². The summed E-state index contributed by atoms with van der Waals surface area (Å²) in [5.74, 6) is -1.47. The molecule has 0 aliphatic heterocycles. The first kappa shape index (κ1) is 23.4. The predicted octanol–water partition coefficient (Wildman–Crippen LogP) is 4.45. The van der Waals surface area contributed by atoms with Crippen LogP contribution in [0.1, 0.15) is 62.0 Å². The third-order valence-corrected chi connectivity index (χ3v) is 7.92. The molecule has 2 amide bonds. The monoisotopic (exact) mass is 476 g/mol. The van der Waals surface area contributed by atoms with Gasteiger partial charge in [0.1, 0.15) is 6.61 Å². The van der Waals surface area contributed by atoms with Gasteiger partial charge in [-0.1, -0.05) is 55.0 Å². The molecule has 3 N–H and O–H groups in total. The molecule has 2 unspecified atom stereocenters. The number of carboxylic acids is 1. The summed E-state index contributed by atoms with van der Waals surface area (Å²) < 4.78 is 5.65. The zero-order chi connectivity index (χ0) is 24.4. The van der Waals surface area contributed by atoms with Crippen molar-refractivity contribution in [3.63, 3.8) is 0 Å². The summed E-state index contributed by atoms with van der Waals surface area (Å²) in [5.41, 5.74) is 4.75. The summed E-state index contributed by atoms with van der Waals surface area (Å²) in [6.07, 6.45) is 4.51. The van der Waals surface area contributed by atoms with Gasteiger partial charge in [0.25, 0.3) is 0 Å². The quantitative estimate of drug-likeness (QED) is 0.571. The van der Waals surface area contributed by atoms with Crippen molar-refractivity contribution in [1.82, 2.24) is 10.6 Å². The van der Waals surface area contributed by atoms with Crippen molar-refractivity contribution >= 4 is 18.0 Å². The van der Waals surface area contributed by atoms with Gasteiger partial charge in [-0.3, -0.25) is 9.59 Å². The van der Waals surface area contributed by atoms with Crippen LogP contribution in [0.5, 0.6) is 0 Å². The largest absolute Gasteiger partial charge is 0.481 e. The lowest BCUT2D eigenvalue weighted by molar-refractivity contribution is -0.142. The molecule has 3 aliphatic carbocycles. The van der Waals surface area contributed by atoms with E-state index in [9.17, 15) is 19.5 Å². The van der Waals surface area contributed by atoms with Gasteiger partial charge in [0, 0.05) is 23.9 Å². The molecule has 3 aliphatic rings. The van der Waals surface area contributed by atoms with Gasteiger partial charge in [-0.15, -0.1) is 0 Å². The first-order valence-corrected chi connectivity index (χ1v) is 12.7. The Hall–Kier alpha value is -3.35. The third-order valence-electron chi connectivity index (χ3n) is 7.92. The van der Waals surface area contributed by atoms with E-state index in [4.69, 9.17) is 4.74 Å². The second-order valence-electron chi connectivity index (χ2n) is 10.0. The highest BCUT2D eigenvalue weighted by Gasteiger charge is 2.36. The van der Waals surface area contributed by atoms with E-state index in [2.05, 4.69) is 34.9 Å². The van der Waals surface area contributed by atoms with E-state index < -0.39 is 18.0 Å². The molecule has 0 bridgehead atoms. The summed E-state index contributed by atoms with van der Waals surface area (Å²) in [5, 5.41) is 15.3. The van der Waals surface area contributed by atoms with Crippen molar-refractivity contribution in [2.75, 3.05) is 6.61 Å². The van der Waals surface area contributed by atoms with E-state index >= 15 is 0 Å². The minimum atomic E-state index is -0.830. The normalized spacial score (nSPS) is 25.4. The summed E-state index contributed by atoms with van der Waals surface area (Å²) in [6, 6.07) is 16.2. The Morgan fingerprint density at radius 2 is 1.46 bits per heavy atom. The van der Waals surface area contributed by atoms with Crippen LogP contribution < -0.4 is 10.6 Å². The first-order chi connectivity index (χ1) is 17.0. The number of aliphatic carboxylic acids is 1. The van der Waals surface area contributed by atoms with Crippen LogP contribution in [-0.4, -0.2) is 41.8 Å². The maximum Gasteiger partial charge on any atom is 0.407 e. The van der Waals surface area contributed by atoms with Crippen molar-refractivity contribution < 1.29 is 24.2 Å². The molecule has 2 fully saturated rings. The molecule has 184 valence electrons. The van der Waals surface area contributed by atoms with Crippen molar-refractivity contribution in [2.45, 2.75) is 62.9 Å². The molecule has 35 heavy (non-hydrogen) atoms. The molecule has 0 spiro atoms. The van der Waals surface area contributed by atoms with Crippen LogP contribution in [0.15, 0.2) is 48.5 Å². The van der Waals surface area contributed by atoms with E-state index in [-0.39, 0.29) is 36.4 Å². The van der Waals surface area contributed by atoms with Crippen LogP contribution in [-0.2, 0) is 14.3 Å². The van der Waals surface area contributed by atoms with Crippen molar-refractivity contribution in [1.29, 1.82) is 0 Å². The van der Waals surface area contributed by atoms with Gasteiger partial charge >= 0.3 is 12.1 Å². The van der Waals surface area contributed by atoms with E-state index in [0.29, 0.717) is 32.1 Å². The van der Waals surface area contributed by atoms with Crippen LogP contribution in [0.4, 0.5) is 4.79 Å². The summed E-state index contributed by atoms with van der Waals surface area (Å²) in [6.45, 7) is 0.281. The average molecular weight is 477 g/mol. The van der Waals surface area contributed by atoms with Crippen LogP contribution in [0.25, 0.3) is 11.1 Å². The second-order valence-corrected chi connectivity index (χ2v) is 10.0. The Kier molecular flexibility index (Phi) is 6.75. The number of hydrogen-bond acceptors (Lipinski definition) is 4. The number of amides is 2. The Labute approximate surface area is 205 Å². The van der Waals surface area contributed by atoms with Crippen molar-refractivity contribution in [3.05, 3.63) is 59.7 Å². The molecule has 2 atom stereocenters. The maximum absolute atomic E-state index is 12.7. The number of nitrogens with one attached hydrogen (secondary N) is 2. The maximum atomic E-state index is 12.7. The van der Waals surface area contributed by atoms with Gasteiger partial charge in [0.15, 0.2) is 0 Å². The molecule has 2 aromatic rings. The van der Waals surface area contributed by atoms with E-state index in [1.807, 2.05) is 24.3 Å². The molecule has 2 aromatic carbocycles. The van der Waals surface area contributed by atoms with Gasteiger partial charge in [0.05, 0.1) is 5.92 Å². The lowest BCUT2D eigenvalue weighted by Crippen LogP contribution is -2.45. The Balaban J connectivity index is 1.09. The topological polar surface area (TPSA) is 105 Å². The number of ether oxygens (including phenoxy) is 1. The molecule has 0 heterocycles. The molecular weight excluding hydrogens is 444 g/mol. The minimum Gasteiger partial charge on any atom is -0.481 e. The second kappa shape index (κ2) is 10.1. The number of benzene rings is 2. The van der Waals surface area contributed by atoms with Crippen LogP contribution in [0.2, 0.25) is 0 Å². The summed E-state index contributed by atoms with van der Waals surface area (Å²) in [4.78, 5) is 36.6. The van der Waals surface area contributed by atoms with Crippen LogP contribution in [0.3, 0.4) is 0 Å². The lowest BCUT2D eigenvalue weighted by Gasteiger charge is -2.29. The smallest absolute Gasteiger partial charge is 0.407 e. The number of hydrogen-bond donors (Lipinski definition) is 3. The fraction of sp³-hybridized carbons (Fsp3) is 0.464. The molecule has 5 rings (SSSR count). The summed E-state index contributed by atoms with van der Waals surface area (Å²) in [7, 11) is 0. The Morgan fingerprint density at radius 1 is 0.829 bits per heavy atom. The lowest BCUT2D eigenvalue weighted by atomic mass is 9.85. The highest BCUT2D eigenvalue weighted by Crippen LogP contribution is 2.44. The number of carbonyl (C=O) groups excluding carboxylic acids is 2. The van der Waals surface area contributed by atoms with E-state index in [1.54, 1.807) is 0 Å². The van der Waals surface area contributed by atoms with Gasteiger partial charge in [-0.25, -0.2) is 4.79 Å². The summed E-state index contributed by atoms with van der Waals surface area (Å²) >= 11 is 0. The fourth-order valence-corrected chi connectivity index (χ4v) is 6.04. The molecule has 7 heteroatoms. The number of alkyl carbamates (subject to hydrolysis) is 1.